The maximum atomic E-state index is 13.0. The van der Waals surface area contributed by atoms with Crippen molar-refractivity contribution < 1.29 is 14.7 Å². The van der Waals surface area contributed by atoms with Gasteiger partial charge in [-0.15, -0.1) is 0 Å². The highest BCUT2D eigenvalue weighted by atomic mass is 32.2. The summed E-state index contributed by atoms with van der Waals surface area (Å²) in [6.07, 6.45) is 2.16. The third-order valence-corrected chi connectivity index (χ3v) is 6.46. The van der Waals surface area contributed by atoms with E-state index in [1.807, 2.05) is 42.1 Å². The quantitative estimate of drug-likeness (QED) is 0.347. The Labute approximate surface area is 183 Å². The van der Waals surface area contributed by atoms with Crippen molar-refractivity contribution in [2.75, 3.05) is 28.7 Å². The highest BCUT2D eigenvalue weighted by Crippen LogP contribution is 2.23. The minimum atomic E-state index is -0.963. The molecule has 1 aromatic heterocycles. The minimum Gasteiger partial charge on any atom is -0.481 e. The molecule has 0 aliphatic carbocycles. The van der Waals surface area contributed by atoms with E-state index in [4.69, 9.17) is 5.11 Å². The number of carboxylic acids is 1. The molecule has 158 valence electrons. The lowest BCUT2D eigenvalue weighted by molar-refractivity contribution is -0.137. The number of benzene rings is 1. The number of amides is 1. The van der Waals surface area contributed by atoms with E-state index >= 15 is 0 Å². The first kappa shape index (κ1) is 22.2. The van der Waals surface area contributed by atoms with Crippen molar-refractivity contribution in [3.8, 4) is 0 Å². The number of para-hydroxylation sites is 1. The van der Waals surface area contributed by atoms with Crippen LogP contribution in [0.15, 0.2) is 51.9 Å². The van der Waals surface area contributed by atoms with Gasteiger partial charge in [0.1, 0.15) is 0 Å². The van der Waals surface area contributed by atoms with Gasteiger partial charge in [-0.3, -0.25) is 14.4 Å². The van der Waals surface area contributed by atoms with Crippen molar-refractivity contribution in [3.63, 3.8) is 0 Å². The van der Waals surface area contributed by atoms with Crippen molar-refractivity contribution in [2.24, 2.45) is 0 Å². The first-order valence-electron chi connectivity index (χ1n) is 9.49. The van der Waals surface area contributed by atoms with Crippen LogP contribution in [0, 0.1) is 6.92 Å². The largest absolute Gasteiger partial charge is 0.481 e. The van der Waals surface area contributed by atoms with Crippen LogP contribution in [0.3, 0.4) is 0 Å². The van der Waals surface area contributed by atoms with Gasteiger partial charge in [0.25, 0.3) is 5.56 Å². The number of carbonyl (C=O) groups is 2. The zero-order chi connectivity index (χ0) is 21.5. The average Bonchev–Trinajstić information content (AvgIpc) is 3.23. The number of thioether (sulfide) groups is 2. The van der Waals surface area contributed by atoms with Crippen LogP contribution in [-0.2, 0) is 16.0 Å². The number of hydrogen-bond donors (Lipinski definition) is 2. The van der Waals surface area contributed by atoms with Gasteiger partial charge in [0.2, 0.25) is 5.91 Å². The van der Waals surface area contributed by atoms with Gasteiger partial charge in [-0.05, 0) is 31.1 Å². The molecule has 0 spiro atoms. The number of carboxylic acid groups (broad SMARTS) is 1. The number of hydrogen-bond acceptors (Lipinski definition) is 6. The summed E-state index contributed by atoms with van der Waals surface area (Å²) in [7, 11) is 0. The molecule has 0 bridgehead atoms. The van der Waals surface area contributed by atoms with Crippen molar-refractivity contribution in [3.05, 3.63) is 63.6 Å². The molecule has 30 heavy (non-hydrogen) atoms. The van der Waals surface area contributed by atoms with Crippen LogP contribution in [0.1, 0.15) is 17.7 Å². The lowest BCUT2D eigenvalue weighted by Crippen LogP contribution is -2.34. The summed E-state index contributed by atoms with van der Waals surface area (Å²) in [5.74, 6) is 0.996. The van der Waals surface area contributed by atoms with E-state index in [0.29, 0.717) is 23.0 Å². The van der Waals surface area contributed by atoms with E-state index in [9.17, 15) is 14.4 Å². The van der Waals surface area contributed by atoms with Crippen molar-refractivity contribution in [2.45, 2.75) is 24.9 Å². The highest BCUT2D eigenvalue weighted by Gasteiger charge is 2.20. The van der Waals surface area contributed by atoms with Gasteiger partial charge in [-0.25, -0.2) is 4.98 Å². The van der Waals surface area contributed by atoms with Crippen molar-refractivity contribution in [1.82, 2.24) is 9.97 Å². The fourth-order valence-corrected chi connectivity index (χ4v) is 4.78. The first-order chi connectivity index (χ1) is 14.4. The molecule has 1 aliphatic heterocycles. The maximum Gasteiger partial charge on any atom is 0.303 e. The van der Waals surface area contributed by atoms with Gasteiger partial charge in [0, 0.05) is 41.4 Å². The predicted molar refractivity (Wildman–Crippen MR) is 120 cm³/mol. The van der Waals surface area contributed by atoms with Crippen molar-refractivity contribution >= 4 is 41.1 Å². The minimum absolute atomic E-state index is 0.0701. The van der Waals surface area contributed by atoms with E-state index in [1.54, 1.807) is 11.8 Å². The Morgan fingerprint density at radius 3 is 2.70 bits per heavy atom. The number of nitrogens with zero attached hydrogens (tertiary/aromatic N) is 2. The van der Waals surface area contributed by atoms with E-state index in [2.05, 4.69) is 16.0 Å². The molecule has 0 saturated carbocycles. The van der Waals surface area contributed by atoms with Crippen LogP contribution in [0.25, 0.3) is 0 Å². The number of rotatable bonds is 9. The van der Waals surface area contributed by atoms with Crippen LogP contribution in [0.5, 0.6) is 0 Å². The molecule has 2 aromatic rings. The van der Waals surface area contributed by atoms with E-state index in [-0.39, 0.29) is 30.1 Å². The lowest BCUT2D eigenvalue weighted by atomic mass is 10.1. The predicted octanol–water partition coefficient (Wildman–Crippen LogP) is 2.89. The Morgan fingerprint density at radius 1 is 1.30 bits per heavy atom. The van der Waals surface area contributed by atoms with Crippen LogP contribution >= 0.6 is 23.5 Å². The van der Waals surface area contributed by atoms with Crippen molar-refractivity contribution in [1.29, 1.82) is 0 Å². The Kier molecular flexibility index (Phi) is 7.75. The highest BCUT2D eigenvalue weighted by molar-refractivity contribution is 8.00. The van der Waals surface area contributed by atoms with Gasteiger partial charge in [0.05, 0.1) is 5.75 Å². The number of carbonyl (C=O) groups excluding carboxylic acids is 1. The van der Waals surface area contributed by atoms with Gasteiger partial charge < -0.3 is 15.0 Å². The normalized spacial score (nSPS) is 13.2. The Morgan fingerprint density at radius 2 is 2.07 bits per heavy atom. The third kappa shape index (κ3) is 5.99. The summed E-state index contributed by atoms with van der Waals surface area (Å²) in [4.78, 5) is 44.8. The van der Waals surface area contributed by atoms with Gasteiger partial charge >= 0.3 is 5.97 Å². The smallest absolute Gasteiger partial charge is 0.303 e. The molecule has 0 radical (unpaired) electrons. The van der Waals surface area contributed by atoms with Gasteiger partial charge in [-0.1, -0.05) is 36.0 Å². The Bertz CT molecular complexity index is 1010. The molecule has 1 amide bonds. The molecule has 0 saturated heterocycles. The number of aliphatic carboxylic acids is 1. The van der Waals surface area contributed by atoms with Crippen LogP contribution in [0.4, 0.5) is 5.69 Å². The molecule has 0 fully saturated rings. The molecule has 1 aliphatic rings. The molecule has 2 N–H and O–H groups in total. The molecule has 0 unspecified atom stereocenters. The fraction of sp³-hybridized carbons (Fsp3) is 0.333. The molecule has 1 aromatic carbocycles. The standard InChI is InChI=1S/C21H23N3O4S2/c1-14-17(7-8-19(26)27)20(28)23-21(22-14)30-13-18(25)24(11-15-9-10-29-12-15)16-5-3-2-4-6-16/h2-6,9H,7-8,10-13H2,1H3,(H,26,27)(H,22,23,28). The number of H-pyrrole nitrogens is 1. The van der Waals surface area contributed by atoms with Gasteiger partial charge in [0.15, 0.2) is 5.16 Å². The zero-order valence-electron chi connectivity index (χ0n) is 16.6. The number of nitrogens with one attached hydrogen (secondary N) is 1. The zero-order valence-corrected chi connectivity index (χ0v) is 18.2. The summed E-state index contributed by atoms with van der Waals surface area (Å²) < 4.78 is 0. The van der Waals surface area contributed by atoms with E-state index in [0.717, 1.165) is 17.2 Å². The second kappa shape index (κ2) is 10.5. The second-order valence-electron chi connectivity index (χ2n) is 6.81. The average molecular weight is 446 g/mol. The van der Waals surface area contributed by atoms with Gasteiger partial charge in [-0.2, -0.15) is 11.8 Å². The second-order valence-corrected chi connectivity index (χ2v) is 8.80. The summed E-state index contributed by atoms with van der Waals surface area (Å²) in [6.45, 7) is 2.23. The topological polar surface area (TPSA) is 103 Å². The summed E-state index contributed by atoms with van der Waals surface area (Å²) in [6, 6.07) is 9.53. The Balaban J connectivity index is 1.70. The number of aromatic amines is 1. The number of aryl methyl sites for hydroxylation is 1. The van der Waals surface area contributed by atoms with Crippen LogP contribution < -0.4 is 10.5 Å². The van der Waals surface area contributed by atoms with E-state index in [1.165, 1.54) is 17.3 Å². The molecule has 9 heteroatoms. The summed E-state index contributed by atoms with van der Waals surface area (Å²) >= 11 is 3.00. The first-order valence-corrected chi connectivity index (χ1v) is 11.6. The molecule has 3 rings (SSSR count). The molecule has 2 heterocycles. The fourth-order valence-electron chi connectivity index (χ4n) is 3.06. The maximum absolute atomic E-state index is 13.0. The monoisotopic (exact) mass is 445 g/mol. The van der Waals surface area contributed by atoms with Crippen LogP contribution in [-0.4, -0.2) is 50.8 Å². The lowest BCUT2D eigenvalue weighted by Gasteiger charge is -2.23. The van der Waals surface area contributed by atoms with E-state index < -0.39 is 5.97 Å². The third-order valence-electron chi connectivity index (χ3n) is 4.63. The number of aromatic nitrogens is 2. The Hall–Kier alpha value is -2.52. The number of anilines is 1. The summed E-state index contributed by atoms with van der Waals surface area (Å²) in [5.41, 5.74) is 2.56. The summed E-state index contributed by atoms with van der Waals surface area (Å²) in [5, 5.41) is 9.18. The molecule has 0 atom stereocenters. The molecular formula is C21H23N3O4S2. The molecular weight excluding hydrogens is 422 g/mol. The van der Waals surface area contributed by atoms with Crippen LogP contribution in [0.2, 0.25) is 0 Å². The SMILES string of the molecule is Cc1nc(SCC(=O)N(CC2=CCSC2)c2ccccc2)[nH]c(=O)c1CCC(=O)O. The molecule has 7 nitrogen and oxygen atoms in total.